The average molecular weight is 455 g/mol. The SMILES string of the molecule is COc1cccc(C2CC(c3ccc4ccccc4c3O)=NN2c2ccc(OC)cc2OC)c1. The minimum absolute atomic E-state index is 0.113. The van der Waals surface area contributed by atoms with Crippen LogP contribution in [0.1, 0.15) is 23.6 Å². The van der Waals surface area contributed by atoms with Crippen LogP contribution in [0.25, 0.3) is 10.8 Å². The monoisotopic (exact) mass is 454 g/mol. The molecule has 172 valence electrons. The van der Waals surface area contributed by atoms with Crippen LogP contribution in [0.2, 0.25) is 0 Å². The number of nitrogens with zero attached hydrogens (tertiary/aromatic N) is 2. The van der Waals surface area contributed by atoms with Crippen molar-refractivity contribution in [2.75, 3.05) is 26.3 Å². The highest BCUT2D eigenvalue weighted by molar-refractivity contribution is 6.09. The summed E-state index contributed by atoms with van der Waals surface area (Å²) in [5.41, 5.74) is 3.39. The van der Waals surface area contributed by atoms with Crippen LogP contribution in [-0.4, -0.2) is 32.1 Å². The van der Waals surface area contributed by atoms with Crippen molar-refractivity contribution >= 4 is 22.2 Å². The van der Waals surface area contributed by atoms with Gasteiger partial charge in [-0.05, 0) is 41.3 Å². The largest absolute Gasteiger partial charge is 0.507 e. The number of phenolic OH excluding ortho intramolecular Hbond substituents is 1. The average Bonchev–Trinajstić information content (AvgIpc) is 3.33. The van der Waals surface area contributed by atoms with E-state index in [-0.39, 0.29) is 11.8 Å². The zero-order valence-electron chi connectivity index (χ0n) is 19.4. The number of hydrogen-bond acceptors (Lipinski definition) is 6. The molecule has 1 aliphatic heterocycles. The molecular formula is C28H26N2O4. The van der Waals surface area contributed by atoms with Crippen molar-refractivity contribution in [2.24, 2.45) is 5.10 Å². The molecule has 0 aromatic heterocycles. The van der Waals surface area contributed by atoms with Gasteiger partial charge < -0.3 is 19.3 Å². The van der Waals surface area contributed by atoms with Gasteiger partial charge in [0.25, 0.3) is 0 Å². The predicted octanol–water partition coefficient (Wildman–Crippen LogP) is 5.93. The summed E-state index contributed by atoms with van der Waals surface area (Å²) in [7, 11) is 4.92. The van der Waals surface area contributed by atoms with Crippen LogP contribution in [0, 0.1) is 0 Å². The first kappa shape index (κ1) is 21.6. The molecule has 4 aromatic rings. The van der Waals surface area contributed by atoms with E-state index in [1.807, 2.05) is 77.8 Å². The summed E-state index contributed by atoms with van der Waals surface area (Å²) in [5.74, 6) is 2.38. The lowest BCUT2D eigenvalue weighted by Gasteiger charge is -2.26. The fraction of sp³-hybridized carbons (Fsp3) is 0.179. The van der Waals surface area contributed by atoms with Gasteiger partial charge in [-0.1, -0.05) is 42.5 Å². The molecule has 0 amide bonds. The van der Waals surface area contributed by atoms with Crippen molar-refractivity contribution in [1.29, 1.82) is 0 Å². The third kappa shape index (κ3) is 3.77. The van der Waals surface area contributed by atoms with Gasteiger partial charge in [-0.25, -0.2) is 0 Å². The number of phenols is 1. The lowest BCUT2D eigenvalue weighted by Crippen LogP contribution is -2.19. The number of rotatable bonds is 6. The second-order valence-electron chi connectivity index (χ2n) is 8.11. The smallest absolute Gasteiger partial charge is 0.147 e. The highest BCUT2D eigenvalue weighted by Crippen LogP contribution is 2.44. The molecule has 0 aliphatic carbocycles. The van der Waals surface area contributed by atoms with E-state index in [4.69, 9.17) is 19.3 Å². The summed E-state index contributed by atoms with van der Waals surface area (Å²) in [6, 6.07) is 25.3. The van der Waals surface area contributed by atoms with E-state index in [2.05, 4.69) is 6.07 Å². The minimum atomic E-state index is -0.113. The number of fused-ring (bicyclic) bond motifs is 1. The third-order valence-electron chi connectivity index (χ3n) is 6.23. The maximum atomic E-state index is 11.1. The maximum Gasteiger partial charge on any atom is 0.147 e. The van der Waals surface area contributed by atoms with E-state index in [1.165, 1.54) is 0 Å². The Morgan fingerprint density at radius 3 is 2.41 bits per heavy atom. The molecule has 0 radical (unpaired) electrons. The molecule has 0 bridgehead atoms. The van der Waals surface area contributed by atoms with Crippen molar-refractivity contribution in [3.8, 4) is 23.0 Å². The highest BCUT2D eigenvalue weighted by Gasteiger charge is 2.33. The van der Waals surface area contributed by atoms with Gasteiger partial charge in [0.15, 0.2) is 0 Å². The molecule has 0 saturated heterocycles. The first-order valence-electron chi connectivity index (χ1n) is 11.1. The van der Waals surface area contributed by atoms with Gasteiger partial charge in [0.1, 0.15) is 28.7 Å². The molecular weight excluding hydrogens is 428 g/mol. The molecule has 1 atom stereocenters. The fourth-order valence-corrected chi connectivity index (χ4v) is 4.47. The third-order valence-corrected chi connectivity index (χ3v) is 6.23. The second-order valence-corrected chi connectivity index (χ2v) is 8.11. The number of methoxy groups -OCH3 is 3. The number of benzene rings is 4. The van der Waals surface area contributed by atoms with Crippen LogP contribution >= 0.6 is 0 Å². The second kappa shape index (κ2) is 8.98. The van der Waals surface area contributed by atoms with E-state index in [1.54, 1.807) is 21.3 Å². The Bertz CT molecular complexity index is 1380. The fourth-order valence-electron chi connectivity index (χ4n) is 4.47. The molecule has 0 saturated carbocycles. The molecule has 0 spiro atoms. The quantitative estimate of drug-likeness (QED) is 0.391. The molecule has 0 fully saturated rings. The van der Waals surface area contributed by atoms with Gasteiger partial charge >= 0.3 is 0 Å². The Morgan fingerprint density at radius 2 is 1.62 bits per heavy atom. The summed E-state index contributed by atoms with van der Waals surface area (Å²) >= 11 is 0. The molecule has 6 nitrogen and oxygen atoms in total. The molecule has 34 heavy (non-hydrogen) atoms. The van der Waals surface area contributed by atoms with Gasteiger partial charge in [-0.15, -0.1) is 0 Å². The standard InChI is InChI=1S/C28H26N2O4/c1-32-20-9-6-8-19(15-20)26-17-24(23-13-11-18-7-4-5-10-22(18)28(23)31)29-30(26)25-14-12-21(33-2)16-27(25)34-3/h4-16,26,31H,17H2,1-3H3. The van der Waals surface area contributed by atoms with Gasteiger partial charge in [0.05, 0.1) is 33.1 Å². The van der Waals surface area contributed by atoms with Gasteiger partial charge in [-0.2, -0.15) is 5.10 Å². The van der Waals surface area contributed by atoms with Crippen molar-refractivity contribution in [2.45, 2.75) is 12.5 Å². The minimum Gasteiger partial charge on any atom is -0.507 e. The zero-order valence-corrected chi connectivity index (χ0v) is 19.4. The molecule has 5 rings (SSSR count). The molecule has 1 N–H and O–H groups in total. The lowest BCUT2D eigenvalue weighted by molar-refractivity contribution is 0.393. The highest BCUT2D eigenvalue weighted by atomic mass is 16.5. The number of hydrazone groups is 1. The predicted molar refractivity (Wildman–Crippen MR) is 135 cm³/mol. The molecule has 1 aliphatic rings. The van der Waals surface area contributed by atoms with Gasteiger partial charge in [-0.3, -0.25) is 5.01 Å². The summed E-state index contributed by atoms with van der Waals surface area (Å²) in [6.07, 6.45) is 0.605. The molecule has 6 heteroatoms. The van der Waals surface area contributed by atoms with Crippen molar-refractivity contribution in [3.05, 3.63) is 90.0 Å². The van der Waals surface area contributed by atoms with E-state index in [0.29, 0.717) is 17.9 Å². The number of aromatic hydroxyl groups is 1. The van der Waals surface area contributed by atoms with Crippen LogP contribution in [0.5, 0.6) is 23.0 Å². The van der Waals surface area contributed by atoms with Crippen LogP contribution in [-0.2, 0) is 0 Å². The van der Waals surface area contributed by atoms with E-state index in [0.717, 1.165) is 39.0 Å². The van der Waals surface area contributed by atoms with Crippen molar-refractivity contribution < 1.29 is 19.3 Å². The topological polar surface area (TPSA) is 63.5 Å². The van der Waals surface area contributed by atoms with Crippen molar-refractivity contribution in [3.63, 3.8) is 0 Å². The van der Waals surface area contributed by atoms with Crippen LogP contribution < -0.4 is 19.2 Å². The van der Waals surface area contributed by atoms with Gasteiger partial charge in [0.2, 0.25) is 0 Å². The zero-order chi connectivity index (χ0) is 23.7. The number of ether oxygens (including phenoxy) is 3. The lowest BCUT2D eigenvalue weighted by atomic mass is 9.95. The summed E-state index contributed by atoms with van der Waals surface area (Å²) in [6.45, 7) is 0. The van der Waals surface area contributed by atoms with E-state index in [9.17, 15) is 5.11 Å². The Kier molecular flexibility index (Phi) is 5.72. The molecule has 1 heterocycles. The van der Waals surface area contributed by atoms with Crippen molar-refractivity contribution in [1.82, 2.24) is 0 Å². The van der Waals surface area contributed by atoms with Crippen LogP contribution in [0.3, 0.4) is 0 Å². The van der Waals surface area contributed by atoms with Gasteiger partial charge in [0, 0.05) is 23.4 Å². The Morgan fingerprint density at radius 1 is 0.824 bits per heavy atom. The Balaban J connectivity index is 1.64. The summed E-state index contributed by atoms with van der Waals surface area (Å²) in [4.78, 5) is 0. The number of hydrogen-bond donors (Lipinski definition) is 1. The molecule has 4 aromatic carbocycles. The maximum absolute atomic E-state index is 11.1. The summed E-state index contributed by atoms with van der Waals surface area (Å²) in [5, 5.41) is 19.9. The Labute approximate surface area is 198 Å². The normalized spacial score (nSPS) is 15.3. The molecule has 1 unspecified atom stereocenters. The van der Waals surface area contributed by atoms with Crippen LogP contribution in [0.15, 0.2) is 84.0 Å². The van der Waals surface area contributed by atoms with E-state index >= 15 is 0 Å². The number of anilines is 1. The first-order chi connectivity index (χ1) is 16.6. The first-order valence-corrected chi connectivity index (χ1v) is 11.1. The summed E-state index contributed by atoms with van der Waals surface area (Å²) < 4.78 is 16.5. The van der Waals surface area contributed by atoms with Crippen LogP contribution in [0.4, 0.5) is 5.69 Å². The van der Waals surface area contributed by atoms with E-state index < -0.39 is 0 Å². The Hall–Kier alpha value is -4.19.